The number of hydrogen-bond donors (Lipinski definition) is 1. The summed E-state index contributed by atoms with van der Waals surface area (Å²) >= 11 is 0. The van der Waals surface area contributed by atoms with Gasteiger partial charge in [0.25, 0.3) is 0 Å². The monoisotopic (exact) mass is 288 g/mol. The Morgan fingerprint density at radius 2 is 2.19 bits per heavy atom. The minimum Gasteiger partial charge on any atom is -0.492 e. The van der Waals surface area contributed by atoms with Crippen LogP contribution in [0.25, 0.3) is 0 Å². The Bertz CT molecular complexity index is 507. The maximum absolute atomic E-state index is 10.6. The number of ether oxygens (including phenoxy) is 1. The van der Waals surface area contributed by atoms with E-state index in [1.165, 1.54) is 0 Å². The maximum Gasteiger partial charge on any atom is 0.303 e. The maximum atomic E-state index is 10.6. The third kappa shape index (κ3) is 5.09. The Morgan fingerprint density at radius 3 is 2.86 bits per heavy atom. The number of carboxylic acids is 1. The molecule has 5 heteroatoms. The summed E-state index contributed by atoms with van der Waals surface area (Å²) in [6.07, 6.45) is 2.10. The summed E-state index contributed by atoms with van der Waals surface area (Å²) in [4.78, 5) is 12.9. The highest BCUT2D eigenvalue weighted by molar-refractivity contribution is 5.66. The fourth-order valence-corrected chi connectivity index (χ4v) is 2.60. The molecule has 1 atom stereocenters. The molecular formula is C16H20N2O3. The predicted octanol–water partition coefficient (Wildman–Crippen LogP) is 2.12. The molecule has 0 bridgehead atoms. The molecule has 0 radical (unpaired) electrons. The summed E-state index contributed by atoms with van der Waals surface area (Å²) in [6.45, 7) is 3.44. The first-order chi connectivity index (χ1) is 10.2. The number of carboxylic acid groups (broad SMARTS) is 1. The van der Waals surface area contributed by atoms with Gasteiger partial charge in [-0.25, -0.2) is 0 Å². The second-order valence-corrected chi connectivity index (χ2v) is 5.37. The highest BCUT2D eigenvalue weighted by Gasteiger charge is 2.22. The third-order valence-electron chi connectivity index (χ3n) is 3.80. The van der Waals surface area contributed by atoms with Crippen molar-refractivity contribution in [2.24, 2.45) is 5.92 Å². The van der Waals surface area contributed by atoms with Crippen LogP contribution in [-0.2, 0) is 4.79 Å². The lowest BCUT2D eigenvalue weighted by Gasteiger charge is -2.16. The molecule has 1 aromatic carbocycles. The van der Waals surface area contributed by atoms with Crippen molar-refractivity contribution in [2.75, 3.05) is 26.2 Å². The smallest absolute Gasteiger partial charge is 0.303 e. The molecule has 1 N–H and O–H groups in total. The molecule has 0 aliphatic carbocycles. The van der Waals surface area contributed by atoms with E-state index in [4.69, 9.17) is 15.1 Å². The van der Waals surface area contributed by atoms with Gasteiger partial charge >= 0.3 is 5.97 Å². The molecule has 5 nitrogen and oxygen atoms in total. The summed E-state index contributed by atoms with van der Waals surface area (Å²) in [6, 6.07) is 9.17. The van der Waals surface area contributed by atoms with Crippen LogP contribution in [-0.4, -0.2) is 42.2 Å². The fraction of sp³-hybridized carbons (Fsp3) is 0.500. The topological polar surface area (TPSA) is 73.6 Å². The van der Waals surface area contributed by atoms with Crippen LogP contribution in [0.2, 0.25) is 0 Å². The van der Waals surface area contributed by atoms with Gasteiger partial charge in [0.05, 0.1) is 11.6 Å². The van der Waals surface area contributed by atoms with Gasteiger partial charge in [0, 0.05) is 19.5 Å². The Morgan fingerprint density at radius 1 is 1.43 bits per heavy atom. The average molecular weight is 288 g/mol. The van der Waals surface area contributed by atoms with Crippen LogP contribution in [0, 0.1) is 17.2 Å². The first kappa shape index (κ1) is 15.3. The van der Waals surface area contributed by atoms with E-state index in [1.54, 1.807) is 24.3 Å². The number of benzene rings is 1. The van der Waals surface area contributed by atoms with Gasteiger partial charge in [-0.15, -0.1) is 0 Å². The molecule has 0 amide bonds. The van der Waals surface area contributed by atoms with Crippen molar-refractivity contribution in [2.45, 2.75) is 19.3 Å². The number of nitrogens with zero attached hydrogens (tertiary/aromatic N) is 2. The SMILES string of the molecule is N#Cc1ccc(OCCN2CCC(CCC(=O)O)C2)cc1. The number of aliphatic carboxylic acids is 1. The van der Waals surface area contributed by atoms with Crippen molar-refractivity contribution in [3.05, 3.63) is 29.8 Å². The zero-order valence-electron chi connectivity index (χ0n) is 12.0. The van der Waals surface area contributed by atoms with Crippen LogP contribution in [0.5, 0.6) is 5.75 Å². The van der Waals surface area contributed by atoms with E-state index in [1.807, 2.05) is 0 Å². The van der Waals surface area contributed by atoms with Crippen LogP contribution in [0.4, 0.5) is 0 Å². The molecule has 1 aliphatic rings. The van der Waals surface area contributed by atoms with Crippen molar-refractivity contribution in [1.29, 1.82) is 5.26 Å². The molecule has 21 heavy (non-hydrogen) atoms. The van der Waals surface area contributed by atoms with Crippen molar-refractivity contribution < 1.29 is 14.6 Å². The molecule has 1 aromatic rings. The molecule has 2 rings (SSSR count). The van der Waals surface area contributed by atoms with E-state index in [9.17, 15) is 4.79 Å². The van der Waals surface area contributed by atoms with E-state index in [2.05, 4.69) is 11.0 Å². The summed E-state index contributed by atoms with van der Waals surface area (Å²) in [5.41, 5.74) is 0.628. The summed E-state index contributed by atoms with van der Waals surface area (Å²) in [5, 5.41) is 17.4. The van der Waals surface area contributed by atoms with Crippen LogP contribution in [0.1, 0.15) is 24.8 Å². The van der Waals surface area contributed by atoms with Crippen molar-refractivity contribution >= 4 is 5.97 Å². The largest absolute Gasteiger partial charge is 0.492 e. The van der Waals surface area contributed by atoms with Crippen LogP contribution < -0.4 is 4.74 Å². The molecule has 1 unspecified atom stereocenters. The van der Waals surface area contributed by atoms with Gasteiger partial charge in [0.15, 0.2) is 0 Å². The van der Waals surface area contributed by atoms with Gasteiger partial charge in [0.2, 0.25) is 0 Å². The lowest BCUT2D eigenvalue weighted by atomic mass is 10.0. The van der Waals surface area contributed by atoms with Gasteiger partial charge < -0.3 is 9.84 Å². The Labute approximate surface area is 124 Å². The third-order valence-corrected chi connectivity index (χ3v) is 3.80. The summed E-state index contributed by atoms with van der Waals surface area (Å²) < 4.78 is 5.66. The highest BCUT2D eigenvalue weighted by Crippen LogP contribution is 2.20. The van der Waals surface area contributed by atoms with Crippen LogP contribution in [0.3, 0.4) is 0 Å². The fourth-order valence-electron chi connectivity index (χ4n) is 2.60. The summed E-state index contributed by atoms with van der Waals surface area (Å²) in [5.74, 6) is 0.559. The van der Waals surface area contributed by atoms with Crippen molar-refractivity contribution in [1.82, 2.24) is 4.90 Å². The Hall–Kier alpha value is -2.06. The zero-order chi connectivity index (χ0) is 15.1. The molecule has 0 aromatic heterocycles. The molecule has 0 saturated carbocycles. The van der Waals surface area contributed by atoms with E-state index in [0.29, 0.717) is 18.1 Å². The second kappa shape index (κ2) is 7.65. The van der Waals surface area contributed by atoms with E-state index >= 15 is 0 Å². The van der Waals surface area contributed by atoms with Gasteiger partial charge in [-0.3, -0.25) is 9.69 Å². The van der Waals surface area contributed by atoms with Gasteiger partial charge in [0.1, 0.15) is 12.4 Å². The van der Waals surface area contributed by atoms with Gasteiger partial charge in [-0.05, 0) is 49.6 Å². The van der Waals surface area contributed by atoms with Gasteiger partial charge in [-0.1, -0.05) is 0 Å². The molecule has 112 valence electrons. The molecule has 1 aliphatic heterocycles. The zero-order valence-corrected chi connectivity index (χ0v) is 12.0. The highest BCUT2D eigenvalue weighted by atomic mass is 16.5. The standard InChI is InChI=1S/C16H20N2O3/c17-11-13-1-4-15(5-2-13)21-10-9-18-8-7-14(12-18)3-6-16(19)20/h1-2,4-5,14H,3,6-10,12H2,(H,19,20). The van der Waals surface area contributed by atoms with E-state index < -0.39 is 5.97 Å². The van der Waals surface area contributed by atoms with Crippen LogP contribution in [0.15, 0.2) is 24.3 Å². The number of likely N-dealkylation sites (tertiary alicyclic amines) is 1. The quantitative estimate of drug-likeness (QED) is 0.832. The molecule has 1 saturated heterocycles. The first-order valence-corrected chi connectivity index (χ1v) is 7.24. The molecular weight excluding hydrogens is 268 g/mol. The minimum absolute atomic E-state index is 0.264. The van der Waals surface area contributed by atoms with E-state index in [-0.39, 0.29) is 6.42 Å². The molecule has 1 fully saturated rings. The predicted molar refractivity (Wildman–Crippen MR) is 78.1 cm³/mol. The number of nitriles is 1. The average Bonchev–Trinajstić information content (AvgIpc) is 2.94. The number of rotatable bonds is 7. The minimum atomic E-state index is -0.711. The normalized spacial score (nSPS) is 18.3. The lowest BCUT2D eigenvalue weighted by molar-refractivity contribution is -0.137. The number of hydrogen-bond acceptors (Lipinski definition) is 4. The first-order valence-electron chi connectivity index (χ1n) is 7.24. The Kier molecular flexibility index (Phi) is 5.59. The molecule has 1 heterocycles. The second-order valence-electron chi connectivity index (χ2n) is 5.37. The lowest BCUT2D eigenvalue weighted by Crippen LogP contribution is -2.26. The van der Waals surface area contributed by atoms with Crippen molar-refractivity contribution in [3.63, 3.8) is 0 Å². The molecule has 0 spiro atoms. The van der Waals surface area contributed by atoms with E-state index in [0.717, 1.165) is 38.2 Å². The Balaban J connectivity index is 1.65. The van der Waals surface area contributed by atoms with Crippen LogP contribution >= 0.6 is 0 Å². The summed E-state index contributed by atoms with van der Waals surface area (Å²) in [7, 11) is 0. The van der Waals surface area contributed by atoms with Crippen molar-refractivity contribution in [3.8, 4) is 11.8 Å². The number of carbonyl (C=O) groups is 1. The van der Waals surface area contributed by atoms with Gasteiger partial charge in [-0.2, -0.15) is 5.26 Å².